The highest BCUT2D eigenvalue weighted by molar-refractivity contribution is 5.71. The summed E-state index contributed by atoms with van der Waals surface area (Å²) in [7, 11) is 0. The molecule has 1 atom stereocenters. The van der Waals surface area contributed by atoms with Crippen molar-refractivity contribution in [1.29, 1.82) is 0 Å². The number of hydrogen-bond acceptors (Lipinski definition) is 6. The van der Waals surface area contributed by atoms with Gasteiger partial charge in [-0.1, -0.05) is 311 Å². The van der Waals surface area contributed by atoms with Crippen LogP contribution in [0.1, 0.15) is 355 Å². The van der Waals surface area contributed by atoms with E-state index < -0.39 is 6.10 Å². The molecular formula is C77H134O6. The van der Waals surface area contributed by atoms with Gasteiger partial charge in [0.2, 0.25) is 0 Å². The Balaban J connectivity index is 4.29. The van der Waals surface area contributed by atoms with Crippen molar-refractivity contribution in [3.8, 4) is 0 Å². The van der Waals surface area contributed by atoms with Crippen LogP contribution < -0.4 is 0 Å². The van der Waals surface area contributed by atoms with Gasteiger partial charge in [-0.25, -0.2) is 0 Å². The van der Waals surface area contributed by atoms with Gasteiger partial charge in [-0.2, -0.15) is 0 Å². The summed E-state index contributed by atoms with van der Waals surface area (Å²) in [5.41, 5.74) is 0. The van der Waals surface area contributed by atoms with E-state index in [0.717, 1.165) is 103 Å². The summed E-state index contributed by atoms with van der Waals surface area (Å²) in [5.74, 6) is -0.878. The van der Waals surface area contributed by atoms with Crippen LogP contribution in [-0.2, 0) is 28.6 Å². The Labute approximate surface area is 515 Å². The van der Waals surface area contributed by atoms with Gasteiger partial charge in [0.25, 0.3) is 0 Å². The van der Waals surface area contributed by atoms with Crippen LogP contribution in [0.2, 0.25) is 0 Å². The minimum atomic E-state index is -0.785. The Morgan fingerprint density at radius 2 is 0.470 bits per heavy atom. The van der Waals surface area contributed by atoms with Gasteiger partial charge in [-0.3, -0.25) is 14.4 Å². The molecule has 0 saturated carbocycles. The molecule has 0 radical (unpaired) electrons. The second-order valence-corrected chi connectivity index (χ2v) is 23.8. The molecule has 478 valence electrons. The summed E-state index contributed by atoms with van der Waals surface area (Å²) in [6.45, 7) is 6.55. The first-order valence-corrected chi connectivity index (χ1v) is 35.7. The SMILES string of the molecule is CC/C=C\C/C=C\C/C=C\C/C=C\C/C=C\C/C=C\CCCCCCCCCCCCCCC(=O)OCC(COC(=O)CCCCCCC/C=C\CCCCCCCCC)OC(=O)CCCCCCCCC/C=C\CCCCCCCCC. The maximum absolute atomic E-state index is 12.9. The Bertz CT molecular complexity index is 1610. The van der Waals surface area contributed by atoms with Crippen LogP contribution in [0.25, 0.3) is 0 Å². The van der Waals surface area contributed by atoms with Gasteiger partial charge in [-0.05, 0) is 122 Å². The molecule has 0 heterocycles. The topological polar surface area (TPSA) is 78.9 Å². The molecule has 0 amide bonds. The van der Waals surface area contributed by atoms with E-state index >= 15 is 0 Å². The first-order chi connectivity index (χ1) is 41.0. The van der Waals surface area contributed by atoms with E-state index in [9.17, 15) is 14.4 Å². The second-order valence-electron chi connectivity index (χ2n) is 23.8. The van der Waals surface area contributed by atoms with Gasteiger partial charge in [0.1, 0.15) is 13.2 Å². The lowest BCUT2D eigenvalue weighted by molar-refractivity contribution is -0.167. The molecule has 0 saturated heterocycles. The molecule has 6 heteroatoms. The average molecular weight is 1160 g/mol. The molecule has 1 unspecified atom stereocenters. The Morgan fingerprint density at radius 1 is 0.253 bits per heavy atom. The number of carbonyl (C=O) groups is 3. The highest BCUT2D eigenvalue weighted by Crippen LogP contribution is 2.17. The third-order valence-electron chi connectivity index (χ3n) is 15.5. The number of carbonyl (C=O) groups excluding carboxylic acids is 3. The van der Waals surface area contributed by atoms with Crippen molar-refractivity contribution in [2.24, 2.45) is 0 Å². The molecule has 0 aliphatic carbocycles. The molecule has 0 bridgehead atoms. The van der Waals surface area contributed by atoms with Gasteiger partial charge in [0.05, 0.1) is 0 Å². The molecule has 0 N–H and O–H groups in total. The normalized spacial score (nSPS) is 12.7. The van der Waals surface area contributed by atoms with Crippen LogP contribution in [0.3, 0.4) is 0 Å². The number of unbranched alkanes of at least 4 members (excludes halogenated alkanes) is 38. The van der Waals surface area contributed by atoms with Gasteiger partial charge in [0.15, 0.2) is 6.10 Å². The third kappa shape index (κ3) is 69.0. The zero-order valence-electron chi connectivity index (χ0n) is 54.9. The fourth-order valence-corrected chi connectivity index (χ4v) is 10.2. The van der Waals surface area contributed by atoms with Crippen molar-refractivity contribution in [2.75, 3.05) is 13.2 Å². The van der Waals surface area contributed by atoms with Gasteiger partial charge in [0, 0.05) is 19.3 Å². The van der Waals surface area contributed by atoms with E-state index in [1.165, 1.54) is 212 Å². The van der Waals surface area contributed by atoms with E-state index in [2.05, 4.69) is 118 Å². The van der Waals surface area contributed by atoms with Crippen LogP contribution in [0.15, 0.2) is 97.2 Å². The summed E-state index contributed by atoms with van der Waals surface area (Å²) in [6.07, 6.45) is 95.7. The highest BCUT2D eigenvalue weighted by atomic mass is 16.6. The molecule has 83 heavy (non-hydrogen) atoms. The standard InChI is InChI=1S/C77H134O6/c1-4-7-10-13-16-19-22-25-28-31-33-34-35-36-37-38-39-40-41-42-43-44-45-47-49-52-55-58-61-64-67-70-76(79)82-73-74(72-81-75(78)69-66-63-60-57-54-51-48-30-27-24-21-18-15-12-9-6-3)83-77(80)71-68-65-62-59-56-53-50-46-32-29-26-23-20-17-14-11-8-5-2/h7,10,16,19,25,28-30,32-34,36-37,39-40,48,74H,4-6,8-9,11-15,17-18,20-24,26-27,31,35,38,41-47,49-73H2,1-3H3/b10-7-,19-16-,28-25-,32-29-,34-33-,37-36-,40-39-,48-30-. The smallest absolute Gasteiger partial charge is 0.306 e. The van der Waals surface area contributed by atoms with Crippen LogP contribution in [-0.4, -0.2) is 37.2 Å². The van der Waals surface area contributed by atoms with Crippen molar-refractivity contribution in [3.05, 3.63) is 97.2 Å². The Kier molecular flexibility index (Phi) is 67.7. The summed E-state index contributed by atoms with van der Waals surface area (Å²) in [5, 5.41) is 0. The zero-order chi connectivity index (χ0) is 59.9. The van der Waals surface area contributed by atoms with Crippen LogP contribution in [0.4, 0.5) is 0 Å². The molecule has 0 aromatic carbocycles. The number of esters is 3. The molecule has 0 spiro atoms. The van der Waals surface area contributed by atoms with Gasteiger partial charge in [-0.15, -0.1) is 0 Å². The van der Waals surface area contributed by atoms with E-state index in [1.54, 1.807) is 0 Å². The number of allylic oxidation sites excluding steroid dienone is 16. The summed E-state index contributed by atoms with van der Waals surface area (Å²) >= 11 is 0. The molecule has 0 fully saturated rings. The van der Waals surface area contributed by atoms with Crippen molar-refractivity contribution >= 4 is 17.9 Å². The van der Waals surface area contributed by atoms with Crippen LogP contribution >= 0.6 is 0 Å². The molecule has 0 aromatic rings. The number of rotatable bonds is 65. The molecule has 0 aliphatic heterocycles. The van der Waals surface area contributed by atoms with Crippen LogP contribution in [0.5, 0.6) is 0 Å². The first-order valence-electron chi connectivity index (χ1n) is 35.7. The maximum Gasteiger partial charge on any atom is 0.306 e. The monoisotopic (exact) mass is 1160 g/mol. The number of hydrogen-bond donors (Lipinski definition) is 0. The lowest BCUT2D eigenvalue weighted by atomic mass is 10.0. The molecule has 0 rings (SSSR count). The minimum absolute atomic E-state index is 0.0802. The van der Waals surface area contributed by atoms with E-state index in [4.69, 9.17) is 14.2 Å². The molecule has 6 nitrogen and oxygen atoms in total. The van der Waals surface area contributed by atoms with Crippen molar-refractivity contribution in [2.45, 2.75) is 361 Å². The first kappa shape index (κ1) is 79.3. The largest absolute Gasteiger partial charge is 0.462 e. The van der Waals surface area contributed by atoms with Crippen LogP contribution in [0, 0.1) is 0 Å². The van der Waals surface area contributed by atoms with Crippen molar-refractivity contribution in [3.63, 3.8) is 0 Å². The summed E-state index contributed by atoms with van der Waals surface area (Å²) in [6, 6.07) is 0. The summed E-state index contributed by atoms with van der Waals surface area (Å²) in [4.78, 5) is 38.5. The van der Waals surface area contributed by atoms with E-state index in [1.807, 2.05) is 0 Å². The van der Waals surface area contributed by atoms with E-state index in [-0.39, 0.29) is 31.1 Å². The van der Waals surface area contributed by atoms with Gasteiger partial charge < -0.3 is 14.2 Å². The quantitative estimate of drug-likeness (QED) is 0.0261. The third-order valence-corrected chi connectivity index (χ3v) is 15.5. The number of ether oxygens (including phenoxy) is 3. The highest BCUT2D eigenvalue weighted by Gasteiger charge is 2.19. The predicted molar refractivity (Wildman–Crippen MR) is 362 cm³/mol. The van der Waals surface area contributed by atoms with Crippen molar-refractivity contribution in [1.82, 2.24) is 0 Å². The predicted octanol–water partition coefficient (Wildman–Crippen LogP) is 24.8. The Hall–Kier alpha value is -3.67. The fraction of sp³-hybridized carbons (Fsp3) is 0.753. The zero-order valence-corrected chi connectivity index (χ0v) is 54.9. The fourth-order valence-electron chi connectivity index (χ4n) is 10.2. The maximum atomic E-state index is 12.9. The Morgan fingerprint density at radius 3 is 0.747 bits per heavy atom. The molecule has 0 aliphatic rings. The van der Waals surface area contributed by atoms with E-state index in [0.29, 0.717) is 19.3 Å². The molecular weight excluding hydrogens is 1020 g/mol. The summed E-state index contributed by atoms with van der Waals surface area (Å²) < 4.78 is 17.0. The molecule has 0 aromatic heterocycles. The van der Waals surface area contributed by atoms with Gasteiger partial charge >= 0.3 is 17.9 Å². The lowest BCUT2D eigenvalue weighted by Gasteiger charge is -2.18. The lowest BCUT2D eigenvalue weighted by Crippen LogP contribution is -2.30. The minimum Gasteiger partial charge on any atom is -0.462 e. The second kappa shape index (κ2) is 70.8. The average Bonchev–Trinajstić information content (AvgIpc) is 3.49. The van der Waals surface area contributed by atoms with Crippen molar-refractivity contribution < 1.29 is 28.6 Å².